The lowest BCUT2D eigenvalue weighted by molar-refractivity contribution is 0.0953. The monoisotopic (exact) mass is 547 g/mol. The Morgan fingerprint density at radius 2 is 1.90 bits per heavy atom. The van der Waals surface area contributed by atoms with E-state index < -0.39 is 6.09 Å². The fraction of sp³-hybridized carbons (Fsp3) is 0.333. The standard InChI is InChI=1S/C33H33N5O3/c1-21(22-8-9-22)41-33(40)37-26-13-10-23(11-14-26)31-29(20-34)28-15-12-24(19-30(28)38(31)27-6-4-7-27)32(39)36-18-16-25-5-2-3-17-35-25/h2-3,5,10-15,17,19,21-22,27H,4,6-9,16,18H2,1H3,(H,36,39)(H,37,40)/t21-/m1/s1. The minimum atomic E-state index is -0.454. The molecule has 2 aromatic carbocycles. The zero-order valence-electron chi connectivity index (χ0n) is 23.1. The van der Waals surface area contributed by atoms with E-state index in [1.54, 1.807) is 12.3 Å². The average Bonchev–Trinajstić information content (AvgIpc) is 3.76. The summed E-state index contributed by atoms with van der Waals surface area (Å²) in [5.74, 6) is 0.321. The van der Waals surface area contributed by atoms with Crippen molar-refractivity contribution in [2.75, 3.05) is 11.9 Å². The van der Waals surface area contributed by atoms with Gasteiger partial charge in [-0.2, -0.15) is 5.26 Å². The first-order valence-corrected chi connectivity index (χ1v) is 14.4. The lowest BCUT2D eigenvalue weighted by Gasteiger charge is -2.30. The van der Waals surface area contributed by atoms with Gasteiger partial charge in [0.25, 0.3) is 5.91 Å². The number of nitrogens with zero attached hydrogens (tertiary/aromatic N) is 3. The molecule has 2 amide bonds. The van der Waals surface area contributed by atoms with Crippen molar-refractivity contribution in [3.63, 3.8) is 0 Å². The molecule has 1 atom stereocenters. The van der Waals surface area contributed by atoms with Gasteiger partial charge in [0.2, 0.25) is 0 Å². The van der Waals surface area contributed by atoms with Gasteiger partial charge in [-0.25, -0.2) is 4.79 Å². The highest BCUT2D eigenvalue weighted by atomic mass is 16.6. The molecule has 0 unspecified atom stereocenters. The molecule has 2 N–H and O–H groups in total. The van der Waals surface area contributed by atoms with Crippen LogP contribution in [-0.2, 0) is 11.2 Å². The first kappa shape index (κ1) is 26.6. The van der Waals surface area contributed by atoms with E-state index in [0.717, 1.165) is 60.0 Å². The molecule has 2 heterocycles. The Kier molecular flexibility index (Phi) is 7.43. The molecule has 4 aromatic rings. The molecule has 0 aliphatic heterocycles. The average molecular weight is 548 g/mol. The van der Waals surface area contributed by atoms with E-state index in [1.165, 1.54) is 0 Å². The van der Waals surface area contributed by atoms with Crippen LogP contribution >= 0.6 is 0 Å². The molecule has 0 bridgehead atoms. The van der Waals surface area contributed by atoms with E-state index in [-0.39, 0.29) is 18.1 Å². The number of nitriles is 1. The molecular formula is C33H33N5O3. The number of nitrogens with one attached hydrogen (secondary N) is 2. The molecule has 2 aliphatic carbocycles. The maximum Gasteiger partial charge on any atom is 0.411 e. The number of ether oxygens (including phenoxy) is 1. The number of amides is 2. The summed E-state index contributed by atoms with van der Waals surface area (Å²) in [5.41, 5.74) is 5.33. The number of carbonyl (C=O) groups excluding carboxylic acids is 2. The van der Waals surface area contributed by atoms with Gasteiger partial charge in [-0.15, -0.1) is 0 Å². The summed E-state index contributed by atoms with van der Waals surface area (Å²) < 4.78 is 7.72. The summed E-state index contributed by atoms with van der Waals surface area (Å²) >= 11 is 0. The van der Waals surface area contributed by atoms with Gasteiger partial charge in [0, 0.05) is 47.5 Å². The summed E-state index contributed by atoms with van der Waals surface area (Å²) in [7, 11) is 0. The maximum absolute atomic E-state index is 13.1. The predicted octanol–water partition coefficient (Wildman–Crippen LogP) is 6.62. The zero-order valence-corrected chi connectivity index (χ0v) is 23.1. The molecule has 208 valence electrons. The third kappa shape index (κ3) is 5.66. The normalized spacial score (nSPS) is 15.5. The lowest BCUT2D eigenvalue weighted by atomic mass is 9.92. The number of hydrogen-bond acceptors (Lipinski definition) is 5. The molecule has 8 heteroatoms. The van der Waals surface area contributed by atoms with Gasteiger partial charge in [-0.05, 0) is 86.9 Å². The van der Waals surface area contributed by atoms with E-state index in [9.17, 15) is 14.9 Å². The highest BCUT2D eigenvalue weighted by Crippen LogP contribution is 2.43. The topological polar surface area (TPSA) is 109 Å². The van der Waals surface area contributed by atoms with Crippen LogP contribution in [0.3, 0.4) is 0 Å². The van der Waals surface area contributed by atoms with Crippen LogP contribution in [0.2, 0.25) is 0 Å². The van der Waals surface area contributed by atoms with Crippen LogP contribution < -0.4 is 10.6 Å². The number of fused-ring (bicyclic) bond motifs is 1. The second kappa shape index (κ2) is 11.5. The molecular weight excluding hydrogens is 514 g/mol. The summed E-state index contributed by atoms with van der Waals surface area (Å²) in [6.45, 7) is 2.42. The highest BCUT2D eigenvalue weighted by Gasteiger charge is 2.31. The van der Waals surface area contributed by atoms with Crippen LogP contribution in [0.1, 0.15) is 66.7 Å². The SMILES string of the molecule is C[C@@H](OC(=O)Nc1ccc(-c2c(C#N)c3ccc(C(=O)NCCc4ccccn4)cc3n2C2CCC2)cc1)C1CC1. The summed E-state index contributed by atoms with van der Waals surface area (Å²) in [6.07, 6.45) is 7.25. The number of hydrogen-bond donors (Lipinski definition) is 2. The van der Waals surface area contributed by atoms with Crippen LogP contribution in [0.5, 0.6) is 0 Å². The van der Waals surface area contributed by atoms with Crippen molar-refractivity contribution in [2.45, 2.75) is 57.6 Å². The van der Waals surface area contributed by atoms with Crippen LogP contribution in [0.4, 0.5) is 10.5 Å². The summed E-state index contributed by atoms with van der Waals surface area (Å²) in [4.78, 5) is 29.7. The highest BCUT2D eigenvalue weighted by molar-refractivity contribution is 6.01. The minimum absolute atomic E-state index is 0.0847. The molecule has 0 spiro atoms. The van der Waals surface area contributed by atoms with Gasteiger partial charge in [0.05, 0.1) is 16.8 Å². The van der Waals surface area contributed by atoms with Crippen molar-refractivity contribution in [2.24, 2.45) is 5.92 Å². The first-order valence-electron chi connectivity index (χ1n) is 14.4. The van der Waals surface area contributed by atoms with Crippen molar-refractivity contribution in [3.05, 3.63) is 83.7 Å². The quantitative estimate of drug-likeness (QED) is 0.245. The van der Waals surface area contributed by atoms with Crippen molar-refractivity contribution in [3.8, 4) is 17.3 Å². The van der Waals surface area contributed by atoms with Gasteiger partial charge in [0.15, 0.2) is 0 Å². The number of rotatable bonds is 9. The van der Waals surface area contributed by atoms with E-state index in [2.05, 4.69) is 26.3 Å². The van der Waals surface area contributed by atoms with Gasteiger partial charge >= 0.3 is 6.09 Å². The van der Waals surface area contributed by atoms with E-state index in [0.29, 0.717) is 35.7 Å². The Balaban J connectivity index is 1.26. The van der Waals surface area contributed by atoms with Crippen molar-refractivity contribution < 1.29 is 14.3 Å². The third-order valence-electron chi connectivity index (χ3n) is 8.19. The largest absolute Gasteiger partial charge is 0.446 e. The molecule has 2 aliphatic rings. The number of carbonyl (C=O) groups is 2. The molecule has 6 rings (SSSR count). The van der Waals surface area contributed by atoms with Crippen molar-refractivity contribution in [1.82, 2.24) is 14.9 Å². The Labute approximate surface area is 239 Å². The van der Waals surface area contributed by atoms with Crippen molar-refractivity contribution in [1.29, 1.82) is 5.26 Å². The van der Waals surface area contributed by atoms with Gasteiger partial charge < -0.3 is 14.6 Å². The van der Waals surface area contributed by atoms with E-state index in [4.69, 9.17) is 4.74 Å². The van der Waals surface area contributed by atoms with Crippen molar-refractivity contribution >= 4 is 28.6 Å². The van der Waals surface area contributed by atoms with Crippen LogP contribution in [0.25, 0.3) is 22.2 Å². The number of anilines is 1. The Bertz CT molecular complexity index is 1610. The van der Waals surface area contributed by atoms with E-state index >= 15 is 0 Å². The minimum Gasteiger partial charge on any atom is -0.446 e. The molecule has 0 radical (unpaired) electrons. The number of benzene rings is 2. The van der Waals surface area contributed by atoms with Gasteiger partial charge in [0.1, 0.15) is 12.2 Å². The predicted molar refractivity (Wildman–Crippen MR) is 158 cm³/mol. The molecule has 2 aromatic heterocycles. The molecule has 8 nitrogen and oxygen atoms in total. The van der Waals surface area contributed by atoms with Gasteiger partial charge in [-0.3, -0.25) is 15.1 Å². The zero-order chi connectivity index (χ0) is 28.3. The molecule has 2 saturated carbocycles. The second-order valence-corrected chi connectivity index (χ2v) is 11.0. The van der Waals surface area contributed by atoms with Crippen LogP contribution in [-0.4, -0.2) is 34.2 Å². The van der Waals surface area contributed by atoms with Crippen LogP contribution in [0.15, 0.2) is 66.9 Å². The smallest absolute Gasteiger partial charge is 0.411 e. The Morgan fingerprint density at radius 1 is 1.10 bits per heavy atom. The number of aromatic nitrogens is 2. The fourth-order valence-corrected chi connectivity index (χ4v) is 5.51. The summed E-state index contributed by atoms with van der Waals surface area (Å²) in [6, 6.07) is 21.5. The van der Waals surface area contributed by atoms with E-state index in [1.807, 2.05) is 61.5 Å². The first-order chi connectivity index (χ1) is 20.0. The molecule has 41 heavy (non-hydrogen) atoms. The molecule has 0 saturated heterocycles. The summed E-state index contributed by atoms with van der Waals surface area (Å²) in [5, 5.41) is 16.9. The van der Waals surface area contributed by atoms with Crippen LogP contribution in [0, 0.1) is 17.2 Å². The third-order valence-corrected chi connectivity index (χ3v) is 8.19. The molecule has 2 fully saturated rings. The van der Waals surface area contributed by atoms with Gasteiger partial charge in [-0.1, -0.05) is 24.3 Å². The lowest BCUT2D eigenvalue weighted by Crippen LogP contribution is -2.26. The number of pyridine rings is 1. The Hall–Kier alpha value is -4.64. The maximum atomic E-state index is 13.1. The fourth-order valence-electron chi connectivity index (χ4n) is 5.51. The Morgan fingerprint density at radius 3 is 2.56 bits per heavy atom. The second-order valence-electron chi connectivity index (χ2n) is 11.0.